The predicted molar refractivity (Wildman–Crippen MR) is 69.5 cm³/mol. The summed E-state index contributed by atoms with van der Waals surface area (Å²) in [7, 11) is 1.45. The summed E-state index contributed by atoms with van der Waals surface area (Å²) in [6, 6.07) is -0.861. The molecule has 0 unspecified atom stereocenters. The maximum atomic E-state index is 11.8. The third kappa shape index (κ3) is 6.27. The lowest BCUT2D eigenvalue weighted by Gasteiger charge is -2.28. The normalized spacial score (nSPS) is 12.7. The van der Waals surface area contributed by atoms with Gasteiger partial charge >= 0.3 is 12.1 Å². The number of hydrogen-bond acceptors (Lipinski definition) is 3. The summed E-state index contributed by atoms with van der Waals surface area (Å²) in [6.07, 6.45) is 2.90. The number of hydrogen-bond donors (Lipinski definition) is 1. The number of amides is 1. The minimum atomic E-state index is -1.02. The molecule has 0 bridgehead atoms. The zero-order chi connectivity index (χ0) is 14.3. The van der Waals surface area contributed by atoms with Gasteiger partial charge in [0.25, 0.3) is 0 Å². The zero-order valence-electron chi connectivity index (χ0n) is 11.6. The molecule has 18 heavy (non-hydrogen) atoms. The van der Waals surface area contributed by atoms with E-state index >= 15 is 0 Å². The molecule has 0 aromatic heterocycles. The van der Waals surface area contributed by atoms with Gasteiger partial charge in [-0.25, -0.2) is 9.59 Å². The molecular formula is C13H23NO4. The van der Waals surface area contributed by atoms with Crippen molar-refractivity contribution in [1.82, 2.24) is 4.90 Å². The van der Waals surface area contributed by atoms with Gasteiger partial charge in [0.2, 0.25) is 0 Å². The fraction of sp³-hybridized carbons (Fsp3) is 0.692. The second kappa shape index (κ2) is 7.03. The van der Waals surface area contributed by atoms with Gasteiger partial charge in [-0.15, -0.1) is 6.58 Å². The van der Waals surface area contributed by atoms with Crippen LogP contribution in [0.25, 0.3) is 0 Å². The summed E-state index contributed by atoms with van der Waals surface area (Å²) < 4.78 is 5.14. The molecule has 0 aliphatic heterocycles. The van der Waals surface area contributed by atoms with Gasteiger partial charge in [0, 0.05) is 7.05 Å². The number of carboxylic acids is 1. The van der Waals surface area contributed by atoms with Crippen molar-refractivity contribution in [2.24, 2.45) is 0 Å². The van der Waals surface area contributed by atoms with Crippen LogP contribution in [-0.4, -0.2) is 40.8 Å². The standard InChI is InChI=1S/C13H23NO4/c1-6-7-8-9-10(11(15)16)14(5)12(17)18-13(2,3)4/h6,10H,1,7-9H2,2-5H3,(H,15,16)/t10-/m0/s1. The Balaban J connectivity index is 4.55. The Hall–Kier alpha value is -1.52. The van der Waals surface area contributed by atoms with Crippen LogP contribution < -0.4 is 0 Å². The summed E-state index contributed by atoms with van der Waals surface area (Å²) in [4.78, 5) is 24.0. The number of carbonyl (C=O) groups excluding carboxylic acids is 1. The topological polar surface area (TPSA) is 66.8 Å². The van der Waals surface area contributed by atoms with Crippen LogP contribution >= 0.6 is 0 Å². The average molecular weight is 257 g/mol. The quantitative estimate of drug-likeness (QED) is 0.587. The molecule has 0 fully saturated rings. The molecule has 104 valence electrons. The number of carboxylic acid groups (broad SMARTS) is 1. The van der Waals surface area contributed by atoms with Gasteiger partial charge in [0.1, 0.15) is 11.6 Å². The van der Waals surface area contributed by atoms with E-state index in [1.807, 2.05) is 0 Å². The minimum Gasteiger partial charge on any atom is -0.480 e. The van der Waals surface area contributed by atoms with Crippen molar-refractivity contribution in [1.29, 1.82) is 0 Å². The van der Waals surface area contributed by atoms with Crippen LogP contribution in [0.2, 0.25) is 0 Å². The highest BCUT2D eigenvalue weighted by molar-refractivity contribution is 5.79. The van der Waals surface area contributed by atoms with Gasteiger partial charge in [0.15, 0.2) is 0 Å². The van der Waals surface area contributed by atoms with E-state index in [4.69, 9.17) is 9.84 Å². The van der Waals surface area contributed by atoms with Crippen molar-refractivity contribution in [2.45, 2.75) is 51.7 Å². The molecule has 0 rings (SSSR count). The Morgan fingerprint density at radius 1 is 1.44 bits per heavy atom. The van der Waals surface area contributed by atoms with Crippen LogP contribution in [-0.2, 0) is 9.53 Å². The predicted octanol–water partition coefficient (Wildman–Crippen LogP) is 2.66. The van der Waals surface area contributed by atoms with Crippen molar-refractivity contribution >= 4 is 12.1 Å². The fourth-order valence-electron chi connectivity index (χ4n) is 1.40. The number of likely N-dealkylation sites (N-methyl/N-ethyl adjacent to an activating group) is 1. The molecular weight excluding hydrogens is 234 g/mol. The number of rotatable bonds is 6. The van der Waals surface area contributed by atoms with Crippen LogP contribution in [0.4, 0.5) is 4.79 Å². The maximum Gasteiger partial charge on any atom is 0.410 e. The van der Waals surface area contributed by atoms with Crippen LogP contribution in [0.15, 0.2) is 12.7 Å². The molecule has 1 N–H and O–H groups in total. The summed E-state index contributed by atoms with van der Waals surface area (Å²) >= 11 is 0. The molecule has 1 amide bonds. The van der Waals surface area contributed by atoms with Gasteiger partial charge in [-0.3, -0.25) is 4.90 Å². The number of unbranched alkanes of at least 4 members (excludes halogenated alkanes) is 1. The number of carbonyl (C=O) groups is 2. The Bertz CT molecular complexity index is 307. The van der Waals surface area contributed by atoms with Crippen LogP contribution in [0.5, 0.6) is 0 Å². The summed E-state index contributed by atoms with van der Waals surface area (Å²) in [5, 5.41) is 9.11. The van der Waals surface area contributed by atoms with E-state index in [2.05, 4.69) is 6.58 Å². The van der Waals surface area contributed by atoms with E-state index in [0.29, 0.717) is 12.8 Å². The lowest BCUT2D eigenvalue weighted by atomic mass is 10.1. The average Bonchev–Trinajstić information content (AvgIpc) is 2.20. The smallest absolute Gasteiger partial charge is 0.410 e. The first-order valence-electron chi connectivity index (χ1n) is 5.98. The van der Waals surface area contributed by atoms with E-state index in [0.717, 1.165) is 11.3 Å². The van der Waals surface area contributed by atoms with Gasteiger partial charge in [-0.05, 0) is 40.0 Å². The van der Waals surface area contributed by atoms with E-state index in [9.17, 15) is 9.59 Å². The largest absolute Gasteiger partial charge is 0.480 e. The molecule has 1 atom stereocenters. The Kier molecular flexibility index (Phi) is 6.44. The third-order valence-electron chi connectivity index (χ3n) is 2.32. The van der Waals surface area contributed by atoms with Gasteiger partial charge in [-0.2, -0.15) is 0 Å². The molecule has 0 aliphatic carbocycles. The first-order valence-corrected chi connectivity index (χ1v) is 5.98. The van der Waals surface area contributed by atoms with Crippen molar-refractivity contribution in [3.63, 3.8) is 0 Å². The molecule has 5 heteroatoms. The molecule has 0 spiro atoms. The summed E-state index contributed by atoms with van der Waals surface area (Å²) in [5.41, 5.74) is -0.629. The van der Waals surface area contributed by atoms with Crippen molar-refractivity contribution in [3.05, 3.63) is 12.7 Å². The first-order chi connectivity index (χ1) is 8.19. The highest BCUT2D eigenvalue weighted by Crippen LogP contribution is 2.14. The number of aliphatic carboxylic acids is 1. The minimum absolute atomic E-state index is 0.386. The molecule has 0 saturated heterocycles. The van der Waals surface area contributed by atoms with Gasteiger partial charge in [0.05, 0.1) is 0 Å². The van der Waals surface area contributed by atoms with Crippen molar-refractivity contribution in [3.8, 4) is 0 Å². The van der Waals surface area contributed by atoms with E-state index in [1.165, 1.54) is 7.05 Å². The molecule has 5 nitrogen and oxygen atoms in total. The van der Waals surface area contributed by atoms with Gasteiger partial charge in [-0.1, -0.05) is 6.08 Å². The first kappa shape index (κ1) is 16.5. The van der Waals surface area contributed by atoms with E-state index < -0.39 is 23.7 Å². The Morgan fingerprint density at radius 2 is 2.00 bits per heavy atom. The van der Waals surface area contributed by atoms with Crippen LogP contribution in [0, 0.1) is 0 Å². The molecule has 0 aromatic rings. The van der Waals surface area contributed by atoms with E-state index in [1.54, 1.807) is 26.8 Å². The lowest BCUT2D eigenvalue weighted by molar-refractivity contribution is -0.142. The second-order valence-electron chi connectivity index (χ2n) is 5.16. The third-order valence-corrected chi connectivity index (χ3v) is 2.32. The lowest BCUT2D eigenvalue weighted by Crippen LogP contribution is -2.44. The number of nitrogens with zero attached hydrogens (tertiary/aromatic N) is 1. The Morgan fingerprint density at radius 3 is 2.39 bits per heavy atom. The van der Waals surface area contributed by atoms with Crippen LogP contribution in [0.1, 0.15) is 40.0 Å². The van der Waals surface area contributed by atoms with Crippen molar-refractivity contribution < 1.29 is 19.4 Å². The highest BCUT2D eigenvalue weighted by atomic mass is 16.6. The highest BCUT2D eigenvalue weighted by Gasteiger charge is 2.29. The Labute approximate surface area is 108 Å². The fourth-order valence-corrected chi connectivity index (χ4v) is 1.40. The summed E-state index contributed by atoms with van der Waals surface area (Å²) in [6.45, 7) is 8.81. The molecule has 0 radical (unpaired) electrons. The molecule has 0 aromatic carbocycles. The molecule has 0 heterocycles. The molecule has 0 saturated carbocycles. The zero-order valence-corrected chi connectivity index (χ0v) is 11.6. The number of allylic oxidation sites excluding steroid dienone is 1. The van der Waals surface area contributed by atoms with Gasteiger partial charge < -0.3 is 9.84 Å². The maximum absolute atomic E-state index is 11.8. The van der Waals surface area contributed by atoms with E-state index in [-0.39, 0.29) is 0 Å². The SMILES string of the molecule is C=CCCC[C@@H](C(=O)O)N(C)C(=O)OC(C)(C)C. The summed E-state index contributed by atoms with van der Waals surface area (Å²) in [5.74, 6) is -1.02. The second-order valence-corrected chi connectivity index (χ2v) is 5.16. The number of ether oxygens (including phenoxy) is 1. The van der Waals surface area contributed by atoms with Crippen molar-refractivity contribution in [2.75, 3.05) is 7.05 Å². The molecule has 0 aliphatic rings. The van der Waals surface area contributed by atoms with Crippen LogP contribution in [0.3, 0.4) is 0 Å². The monoisotopic (exact) mass is 257 g/mol.